The highest BCUT2D eigenvalue weighted by molar-refractivity contribution is 5.18. The topological polar surface area (TPSA) is 158 Å². The lowest BCUT2D eigenvalue weighted by Gasteiger charge is -2.67. The minimum atomic E-state index is -1.49. The molecule has 252 valence electrons. The van der Waals surface area contributed by atoms with Crippen molar-refractivity contribution in [2.24, 2.45) is 51.8 Å². The van der Waals surface area contributed by atoms with Gasteiger partial charge in [0.1, 0.15) is 24.4 Å². The third-order valence-corrected chi connectivity index (χ3v) is 15.0. The van der Waals surface area contributed by atoms with Crippen LogP contribution in [0.5, 0.6) is 0 Å². The molecule has 18 unspecified atom stereocenters. The number of rotatable bonds is 4. The molecule has 7 aliphatic rings. The first-order chi connectivity index (χ1) is 20.8. The first-order valence-corrected chi connectivity index (χ1v) is 17.4. The molecule has 4 saturated carbocycles. The van der Waals surface area contributed by atoms with Gasteiger partial charge in [0.15, 0.2) is 12.1 Å². The van der Waals surface area contributed by atoms with Crippen LogP contribution in [0.15, 0.2) is 0 Å². The SMILES string of the molecule is CC1C2C(CC3C4CC(OC5OC(CO)C(O)C(O)C5O)C5(C)CC(O)CCC5(C)C4CCC32C)OC12CCC(CO)CO2. The largest absolute Gasteiger partial charge is 0.396 e. The van der Waals surface area contributed by atoms with Gasteiger partial charge in [0.2, 0.25) is 0 Å². The Morgan fingerprint density at radius 2 is 1.59 bits per heavy atom. The number of ether oxygens (including phenoxy) is 4. The molecular formula is C34H56O10. The minimum absolute atomic E-state index is 0.0813. The van der Waals surface area contributed by atoms with Gasteiger partial charge in [0.05, 0.1) is 31.5 Å². The standard InChI is InChI=1S/C34H56O10/c1-17-26-23(44-34(17)10-5-18(14-35)16-41-34)12-22-20-11-25(43-30-29(40)28(39)27(38)24(15-36)42-30)33(4)13-19(37)6-9-32(33,3)21(20)7-8-31(22,26)2/h17-30,35-40H,5-16H2,1-4H3. The monoisotopic (exact) mass is 624 g/mol. The van der Waals surface area contributed by atoms with Gasteiger partial charge in [0, 0.05) is 30.3 Å². The maximum absolute atomic E-state index is 11.0. The highest BCUT2D eigenvalue weighted by Gasteiger charge is 2.71. The summed E-state index contributed by atoms with van der Waals surface area (Å²) in [7, 11) is 0. The van der Waals surface area contributed by atoms with Crippen molar-refractivity contribution in [2.75, 3.05) is 19.8 Å². The van der Waals surface area contributed by atoms with Crippen molar-refractivity contribution in [3.05, 3.63) is 0 Å². The normalized spacial score (nSPS) is 60.4. The number of hydrogen-bond acceptors (Lipinski definition) is 10. The summed E-state index contributed by atoms with van der Waals surface area (Å²) < 4.78 is 26.0. The Bertz CT molecular complexity index is 1060. The summed E-state index contributed by atoms with van der Waals surface area (Å²) in [4.78, 5) is 0. The van der Waals surface area contributed by atoms with Gasteiger partial charge in [-0.2, -0.15) is 0 Å². The first kappa shape index (κ1) is 32.2. The molecule has 10 heteroatoms. The molecule has 0 aromatic carbocycles. The van der Waals surface area contributed by atoms with Crippen molar-refractivity contribution < 1.29 is 49.6 Å². The Balaban J connectivity index is 1.18. The molecule has 0 bridgehead atoms. The average Bonchev–Trinajstić information content (AvgIpc) is 3.44. The van der Waals surface area contributed by atoms with E-state index < -0.39 is 49.2 Å². The molecule has 4 aliphatic carbocycles. The molecule has 0 aromatic heterocycles. The van der Waals surface area contributed by atoms with Crippen LogP contribution in [0, 0.1) is 51.8 Å². The minimum Gasteiger partial charge on any atom is -0.396 e. The first-order valence-electron chi connectivity index (χ1n) is 17.4. The van der Waals surface area contributed by atoms with E-state index in [0.717, 1.165) is 51.4 Å². The molecule has 10 nitrogen and oxygen atoms in total. The maximum atomic E-state index is 11.0. The smallest absolute Gasteiger partial charge is 0.186 e. The second-order valence-corrected chi connectivity index (χ2v) is 16.6. The van der Waals surface area contributed by atoms with Crippen LogP contribution in [0.1, 0.15) is 85.5 Å². The summed E-state index contributed by atoms with van der Waals surface area (Å²) in [6.45, 7) is 9.61. The molecule has 18 atom stereocenters. The maximum Gasteiger partial charge on any atom is 0.186 e. The van der Waals surface area contributed by atoms with Crippen LogP contribution in [-0.2, 0) is 18.9 Å². The average molecular weight is 625 g/mol. The molecule has 7 fully saturated rings. The van der Waals surface area contributed by atoms with Gasteiger partial charge in [-0.3, -0.25) is 0 Å². The molecular weight excluding hydrogens is 568 g/mol. The summed E-state index contributed by atoms with van der Waals surface area (Å²) in [5.41, 5.74) is -0.412. The second-order valence-electron chi connectivity index (χ2n) is 16.6. The Morgan fingerprint density at radius 3 is 2.27 bits per heavy atom. The van der Waals surface area contributed by atoms with E-state index in [1.54, 1.807) is 0 Å². The lowest BCUT2D eigenvalue weighted by atomic mass is 9.39. The lowest BCUT2D eigenvalue weighted by Crippen LogP contribution is -2.66. The van der Waals surface area contributed by atoms with Gasteiger partial charge in [-0.25, -0.2) is 0 Å². The zero-order chi connectivity index (χ0) is 31.4. The zero-order valence-corrected chi connectivity index (χ0v) is 26.9. The Kier molecular flexibility index (Phi) is 8.09. The van der Waals surface area contributed by atoms with Crippen molar-refractivity contribution in [3.63, 3.8) is 0 Å². The fraction of sp³-hybridized carbons (Fsp3) is 1.00. The van der Waals surface area contributed by atoms with E-state index in [9.17, 15) is 30.6 Å². The molecule has 3 heterocycles. The Labute approximate surface area is 261 Å². The van der Waals surface area contributed by atoms with Crippen molar-refractivity contribution >= 4 is 0 Å². The van der Waals surface area contributed by atoms with E-state index in [1.807, 2.05) is 0 Å². The summed E-state index contributed by atoms with van der Waals surface area (Å²) in [6, 6.07) is 0. The van der Waals surface area contributed by atoms with Gasteiger partial charge in [0.25, 0.3) is 0 Å². The third kappa shape index (κ3) is 4.42. The number of aliphatic hydroxyl groups is 6. The highest BCUT2D eigenvalue weighted by atomic mass is 16.7. The van der Waals surface area contributed by atoms with E-state index in [1.165, 1.54) is 0 Å². The summed E-state index contributed by atoms with van der Waals surface area (Å²) >= 11 is 0. The number of fused-ring (bicyclic) bond motifs is 7. The van der Waals surface area contributed by atoms with Crippen molar-refractivity contribution in [1.82, 2.24) is 0 Å². The van der Waals surface area contributed by atoms with Gasteiger partial charge < -0.3 is 49.6 Å². The van der Waals surface area contributed by atoms with Crippen molar-refractivity contribution in [1.29, 1.82) is 0 Å². The lowest BCUT2D eigenvalue weighted by molar-refractivity contribution is -0.340. The van der Waals surface area contributed by atoms with Crippen LogP contribution < -0.4 is 0 Å². The molecule has 3 aliphatic heterocycles. The van der Waals surface area contributed by atoms with E-state index >= 15 is 0 Å². The third-order valence-electron chi connectivity index (χ3n) is 15.0. The fourth-order valence-corrected chi connectivity index (χ4v) is 12.2. The van der Waals surface area contributed by atoms with Crippen LogP contribution in [0.4, 0.5) is 0 Å². The van der Waals surface area contributed by atoms with Gasteiger partial charge in [-0.1, -0.05) is 27.7 Å². The molecule has 0 aromatic rings. The summed E-state index contributed by atoms with van der Waals surface area (Å²) in [5.74, 6) is 1.53. The van der Waals surface area contributed by atoms with Gasteiger partial charge in [-0.15, -0.1) is 0 Å². The fourth-order valence-electron chi connectivity index (χ4n) is 12.2. The summed E-state index contributed by atoms with van der Waals surface area (Å²) in [5, 5.41) is 62.3. The van der Waals surface area contributed by atoms with Gasteiger partial charge in [-0.05, 0) is 85.9 Å². The molecule has 44 heavy (non-hydrogen) atoms. The molecule has 7 rings (SSSR count). The van der Waals surface area contributed by atoms with E-state index in [4.69, 9.17) is 18.9 Å². The van der Waals surface area contributed by atoms with Crippen molar-refractivity contribution in [2.45, 2.75) is 140 Å². The molecule has 0 radical (unpaired) electrons. The zero-order valence-electron chi connectivity index (χ0n) is 26.9. The Morgan fingerprint density at radius 1 is 0.818 bits per heavy atom. The predicted molar refractivity (Wildman–Crippen MR) is 158 cm³/mol. The van der Waals surface area contributed by atoms with Crippen LogP contribution in [0.3, 0.4) is 0 Å². The molecule has 1 spiro atoms. The van der Waals surface area contributed by atoms with E-state index in [-0.39, 0.29) is 46.9 Å². The van der Waals surface area contributed by atoms with E-state index in [2.05, 4.69) is 27.7 Å². The molecule has 3 saturated heterocycles. The second kappa shape index (κ2) is 11.1. The Hall–Kier alpha value is -0.400. The summed E-state index contributed by atoms with van der Waals surface area (Å²) in [6.07, 6.45) is 0.703. The molecule has 6 N–H and O–H groups in total. The predicted octanol–water partition coefficient (Wildman–Crippen LogP) is 1.95. The van der Waals surface area contributed by atoms with Crippen molar-refractivity contribution in [3.8, 4) is 0 Å². The van der Waals surface area contributed by atoms with Crippen LogP contribution in [0.2, 0.25) is 0 Å². The van der Waals surface area contributed by atoms with Crippen LogP contribution >= 0.6 is 0 Å². The quantitative estimate of drug-likeness (QED) is 0.256. The van der Waals surface area contributed by atoms with Crippen LogP contribution in [0.25, 0.3) is 0 Å². The van der Waals surface area contributed by atoms with E-state index in [0.29, 0.717) is 36.7 Å². The van der Waals surface area contributed by atoms with Crippen LogP contribution in [-0.4, -0.2) is 105 Å². The number of hydrogen-bond donors (Lipinski definition) is 6. The highest BCUT2D eigenvalue weighted by Crippen LogP contribution is 2.73. The molecule has 0 amide bonds. The van der Waals surface area contributed by atoms with Gasteiger partial charge >= 0.3 is 0 Å². The number of aliphatic hydroxyl groups excluding tert-OH is 6.